The summed E-state index contributed by atoms with van der Waals surface area (Å²) >= 11 is 0. The van der Waals surface area contributed by atoms with Crippen LogP contribution in [0.1, 0.15) is 83.7 Å². The standard InChI is InChI=1S/C46H50N10O7/c57-40-16-14-38(44(60)50-40)56-45(61)35-13-11-33(27-36(35)46(56)62)52-20-17-31(18-21-52)43(59)47-19-3-1-2-6-41(58)54-24-22-53(23-25-54)32-9-7-30(8-10-32)37-28-48-39(55-29-49-51-42(37)55)15-12-34-5-4-26-63-34/h4-5,7-11,13,26-29,31,38H,1-3,6,12,14-25H2,(H,47,59)(H,50,57,60). The van der Waals surface area contributed by atoms with Crippen molar-refractivity contribution < 1.29 is 33.2 Å². The summed E-state index contributed by atoms with van der Waals surface area (Å²) in [7, 11) is 0. The van der Waals surface area contributed by atoms with E-state index in [1.54, 1.807) is 30.8 Å². The summed E-state index contributed by atoms with van der Waals surface area (Å²) in [6.45, 7) is 4.67. The van der Waals surface area contributed by atoms with Crippen LogP contribution in [0.5, 0.6) is 0 Å². The van der Waals surface area contributed by atoms with Gasteiger partial charge in [-0.15, -0.1) is 10.2 Å². The summed E-state index contributed by atoms with van der Waals surface area (Å²) in [6, 6.07) is 16.3. The average Bonchev–Trinajstić information content (AvgIpc) is 4.08. The summed E-state index contributed by atoms with van der Waals surface area (Å²) in [5.74, 6) is -0.252. The van der Waals surface area contributed by atoms with Gasteiger partial charge < -0.3 is 24.4 Å². The van der Waals surface area contributed by atoms with Gasteiger partial charge in [-0.3, -0.25) is 43.4 Å². The predicted octanol–water partition coefficient (Wildman–Crippen LogP) is 3.81. The molecule has 4 aliphatic heterocycles. The first-order valence-electron chi connectivity index (χ1n) is 21.9. The number of carbonyl (C=O) groups is 6. The van der Waals surface area contributed by atoms with Crippen molar-refractivity contribution in [1.29, 1.82) is 0 Å². The highest BCUT2D eigenvalue weighted by molar-refractivity contribution is 6.23. The molecule has 17 heteroatoms. The fourth-order valence-corrected chi connectivity index (χ4v) is 9.16. The zero-order valence-corrected chi connectivity index (χ0v) is 35.0. The molecule has 326 valence electrons. The maximum atomic E-state index is 13.3. The minimum Gasteiger partial charge on any atom is -0.469 e. The van der Waals surface area contributed by atoms with Gasteiger partial charge in [0.15, 0.2) is 5.65 Å². The van der Waals surface area contributed by atoms with Crippen LogP contribution < -0.4 is 20.4 Å². The number of anilines is 2. The Morgan fingerprint density at radius 1 is 0.794 bits per heavy atom. The van der Waals surface area contributed by atoms with E-state index < -0.39 is 29.7 Å². The zero-order chi connectivity index (χ0) is 43.5. The lowest BCUT2D eigenvalue weighted by Crippen LogP contribution is -2.54. The number of hydrogen-bond donors (Lipinski definition) is 2. The number of imide groups is 2. The molecule has 9 rings (SSSR count). The highest BCUT2D eigenvalue weighted by Crippen LogP contribution is 2.33. The number of benzene rings is 2. The number of aromatic nitrogens is 4. The molecule has 0 spiro atoms. The maximum absolute atomic E-state index is 13.3. The van der Waals surface area contributed by atoms with E-state index >= 15 is 0 Å². The normalized spacial score (nSPS) is 18.3. The second kappa shape index (κ2) is 18.2. The Morgan fingerprint density at radius 2 is 1.56 bits per heavy atom. The molecule has 17 nitrogen and oxygen atoms in total. The highest BCUT2D eigenvalue weighted by atomic mass is 16.3. The molecule has 2 aromatic carbocycles. The number of amides is 6. The van der Waals surface area contributed by atoms with Gasteiger partial charge in [0.1, 0.15) is 24.0 Å². The van der Waals surface area contributed by atoms with Crippen molar-refractivity contribution in [2.45, 2.75) is 70.3 Å². The molecule has 1 unspecified atom stereocenters. The summed E-state index contributed by atoms with van der Waals surface area (Å²) in [4.78, 5) is 88.5. The van der Waals surface area contributed by atoms with E-state index in [-0.39, 0.29) is 41.7 Å². The number of rotatable bonds is 14. The van der Waals surface area contributed by atoms with Gasteiger partial charge in [-0.1, -0.05) is 18.6 Å². The van der Waals surface area contributed by atoms with Gasteiger partial charge in [0.2, 0.25) is 23.6 Å². The summed E-state index contributed by atoms with van der Waals surface area (Å²) < 4.78 is 7.42. The molecule has 0 saturated carbocycles. The lowest BCUT2D eigenvalue weighted by Gasteiger charge is -2.36. The molecule has 7 heterocycles. The number of piperazine rings is 1. The third-order valence-corrected chi connectivity index (χ3v) is 12.8. The molecule has 1 atom stereocenters. The topological polar surface area (TPSA) is 196 Å². The van der Waals surface area contributed by atoms with Crippen molar-refractivity contribution in [2.24, 2.45) is 5.92 Å². The summed E-state index contributed by atoms with van der Waals surface area (Å²) in [5, 5.41) is 13.8. The second-order valence-corrected chi connectivity index (χ2v) is 16.6. The first-order valence-corrected chi connectivity index (χ1v) is 21.9. The van der Waals surface area contributed by atoms with Crippen LogP contribution in [0.2, 0.25) is 0 Å². The zero-order valence-electron chi connectivity index (χ0n) is 35.0. The third kappa shape index (κ3) is 8.77. The van der Waals surface area contributed by atoms with Crippen LogP contribution in [0, 0.1) is 5.92 Å². The average molecular weight is 855 g/mol. The molecule has 4 aliphatic rings. The minimum atomic E-state index is -1.01. The Kier molecular flexibility index (Phi) is 12.0. The molecule has 0 aliphatic carbocycles. The van der Waals surface area contributed by atoms with E-state index in [9.17, 15) is 28.8 Å². The number of nitrogens with one attached hydrogen (secondary N) is 2. The molecule has 3 aromatic heterocycles. The number of hydrogen-bond acceptors (Lipinski definition) is 12. The Bertz CT molecular complexity index is 2520. The van der Waals surface area contributed by atoms with Crippen molar-refractivity contribution in [1.82, 2.24) is 40.0 Å². The molecule has 0 bridgehead atoms. The van der Waals surface area contributed by atoms with Crippen LogP contribution in [0.4, 0.5) is 11.4 Å². The van der Waals surface area contributed by atoms with Crippen molar-refractivity contribution in [3.63, 3.8) is 0 Å². The van der Waals surface area contributed by atoms with Gasteiger partial charge in [-0.25, -0.2) is 4.98 Å². The summed E-state index contributed by atoms with van der Waals surface area (Å²) in [6.07, 6.45) is 11.1. The molecule has 2 N–H and O–H groups in total. The Balaban J connectivity index is 0.661. The number of fused-ring (bicyclic) bond motifs is 2. The van der Waals surface area contributed by atoms with Crippen LogP contribution >= 0.6 is 0 Å². The number of unbranched alkanes of at least 4 members (excludes halogenated alkanes) is 2. The van der Waals surface area contributed by atoms with Gasteiger partial charge in [0.05, 0.1) is 17.4 Å². The summed E-state index contributed by atoms with van der Waals surface area (Å²) in [5.41, 5.74) is 5.06. The molecule has 3 fully saturated rings. The van der Waals surface area contributed by atoms with Crippen LogP contribution in [-0.2, 0) is 32.0 Å². The van der Waals surface area contributed by atoms with Crippen LogP contribution in [0.15, 0.2) is 77.8 Å². The second-order valence-electron chi connectivity index (χ2n) is 16.6. The number of aryl methyl sites for hydroxylation is 2. The van der Waals surface area contributed by atoms with Gasteiger partial charge in [0.25, 0.3) is 11.8 Å². The van der Waals surface area contributed by atoms with Crippen molar-refractivity contribution in [3.05, 3.63) is 96.1 Å². The number of furan rings is 1. The van der Waals surface area contributed by atoms with Crippen molar-refractivity contribution in [3.8, 4) is 11.1 Å². The molecular weight excluding hydrogens is 805 g/mol. The minimum absolute atomic E-state index is 0.0315. The van der Waals surface area contributed by atoms with E-state index in [0.717, 1.165) is 83.4 Å². The number of nitrogens with zero attached hydrogens (tertiary/aromatic N) is 8. The van der Waals surface area contributed by atoms with Gasteiger partial charge in [-0.2, -0.15) is 0 Å². The molecule has 0 radical (unpaired) electrons. The first-order chi connectivity index (χ1) is 30.7. The SMILES string of the molecule is O=C1CCC(N2C(=O)c3ccc(N4CCC(C(=O)NCCCCCC(=O)N5CCN(c6ccc(-c7cnc(CCc8ccco8)n8cnnc78)cc6)CC5)CC4)cc3C2=O)C(=O)N1. The van der Waals surface area contributed by atoms with E-state index in [4.69, 9.17) is 9.40 Å². The van der Waals surface area contributed by atoms with E-state index in [0.29, 0.717) is 58.4 Å². The molecule has 63 heavy (non-hydrogen) atoms. The first kappa shape index (κ1) is 41.4. The number of carbonyl (C=O) groups excluding carboxylic acids is 6. The number of piperidine rings is 2. The third-order valence-electron chi connectivity index (χ3n) is 12.8. The molecule has 5 aromatic rings. The van der Waals surface area contributed by atoms with Crippen molar-refractivity contribution >= 4 is 52.5 Å². The smallest absolute Gasteiger partial charge is 0.262 e. The fraction of sp³-hybridized carbons (Fsp3) is 0.413. The predicted molar refractivity (Wildman–Crippen MR) is 231 cm³/mol. The molecular formula is C46H50N10O7. The van der Waals surface area contributed by atoms with E-state index in [1.165, 1.54) is 0 Å². The van der Waals surface area contributed by atoms with Crippen LogP contribution in [0.25, 0.3) is 16.8 Å². The maximum Gasteiger partial charge on any atom is 0.262 e. The Hall–Kier alpha value is -6.91. The van der Waals surface area contributed by atoms with E-state index in [2.05, 4.69) is 54.9 Å². The van der Waals surface area contributed by atoms with Gasteiger partial charge in [0, 0.05) is 101 Å². The Morgan fingerprint density at radius 3 is 2.32 bits per heavy atom. The molecule has 3 saturated heterocycles. The van der Waals surface area contributed by atoms with Crippen LogP contribution in [0.3, 0.4) is 0 Å². The van der Waals surface area contributed by atoms with Crippen molar-refractivity contribution in [2.75, 3.05) is 55.6 Å². The van der Waals surface area contributed by atoms with Gasteiger partial charge >= 0.3 is 0 Å². The fourth-order valence-electron chi connectivity index (χ4n) is 9.16. The quantitative estimate of drug-likeness (QED) is 0.121. The largest absolute Gasteiger partial charge is 0.469 e. The van der Waals surface area contributed by atoms with E-state index in [1.807, 2.05) is 27.6 Å². The highest BCUT2D eigenvalue weighted by Gasteiger charge is 2.45. The monoisotopic (exact) mass is 854 g/mol. The van der Waals surface area contributed by atoms with Gasteiger partial charge in [-0.05, 0) is 80.1 Å². The molecule has 6 amide bonds. The lowest BCUT2D eigenvalue weighted by atomic mass is 9.95. The lowest BCUT2D eigenvalue weighted by molar-refractivity contribution is -0.136. The Labute approximate surface area is 363 Å². The van der Waals surface area contributed by atoms with Crippen LogP contribution in [-0.4, -0.2) is 117 Å².